The zero-order valence-electron chi connectivity index (χ0n) is 18.3. The third-order valence-corrected chi connectivity index (χ3v) is 5.74. The summed E-state index contributed by atoms with van der Waals surface area (Å²) in [6.45, 7) is 2.03. The number of carbonyl (C=O) groups excluding carboxylic acids is 2. The number of pyridine rings is 1. The molecular formula is C25H23ClFN5O2. The van der Waals surface area contributed by atoms with Crippen LogP contribution < -0.4 is 4.90 Å². The van der Waals surface area contributed by atoms with E-state index in [2.05, 4.69) is 15.0 Å². The van der Waals surface area contributed by atoms with E-state index in [1.54, 1.807) is 53.4 Å². The van der Waals surface area contributed by atoms with Gasteiger partial charge < -0.3 is 9.80 Å². The van der Waals surface area contributed by atoms with Crippen LogP contribution in [0.4, 0.5) is 10.1 Å². The number of amides is 2. The zero-order valence-corrected chi connectivity index (χ0v) is 19.1. The monoisotopic (exact) mass is 479 g/mol. The fourth-order valence-corrected chi connectivity index (χ4v) is 3.71. The van der Waals surface area contributed by atoms with E-state index in [-0.39, 0.29) is 18.3 Å². The van der Waals surface area contributed by atoms with E-state index < -0.39 is 5.91 Å². The first kappa shape index (κ1) is 23.4. The van der Waals surface area contributed by atoms with Gasteiger partial charge in [-0.15, -0.1) is 0 Å². The summed E-state index contributed by atoms with van der Waals surface area (Å²) in [6, 6.07) is 16.5. The Balaban J connectivity index is 1.44. The van der Waals surface area contributed by atoms with Crippen LogP contribution in [0.2, 0.25) is 5.02 Å². The third-order valence-electron chi connectivity index (χ3n) is 5.49. The number of anilines is 1. The van der Waals surface area contributed by atoms with Crippen molar-refractivity contribution in [3.8, 4) is 0 Å². The van der Waals surface area contributed by atoms with E-state index in [1.165, 1.54) is 35.7 Å². The molecule has 0 atom stereocenters. The first-order valence-corrected chi connectivity index (χ1v) is 11.2. The number of aromatic nitrogens is 1. The lowest BCUT2D eigenvalue weighted by molar-refractivity contribution is -0.132. The maximum absolute atomic E-state index is 13.2. The predicted octanol–water partition coefficient (Wildman–Crippen LogP) is 3.70. The molecule has 0 bridgehead atoms. The molecule has 7 nitrogen and oxygen atoms in total. The van der Waals surface area contributed by atoms with Crippen molar-refractivity contribution in [1.82, 2.24) is 14.9 Å². The van der Waals surface area contributed by atoms with Gasteiger partial charge in [-0.2, -0.15) is 5.10 Å². The van der Waals surface area contributed by atoms with Crippen LogP contribution in [-0.2, 0) is 4.79 Å². The van der Waals surface area contributed by atoms with Crippen LogP contribution in [0.25, 0.3) is 0 Å². The average Bonchev–Trinajstić information content (AvgIpc) is 2.88. The highest BCUT2D eigenvalue weighted by Crippen LogP contribution is 2.17. The maximum atomic E-state index is 13.2. The van der Waals surface area contributed by atoms with E-state index in [0.29, 0.717) is 36.8 Å². The zero-order chi connectivity index (χ0) is 23.9. The Hall–Kier alpha value is -3.78. The van der Waals surface area contributed by atoms with Crippen LogP contribution >= 0.6 is 11.6 Å². The summed E-state index contributed by atoms with van der Waals surface area (Å²) in [5.41, 5.74) is 2.05. The molecule has 1 saturated heterocycles. The summed E-state index contributed by atoms with van der Waals surface area (Å²) in [5.74, 6) is -0.879. The standard InChI is InChI=1S/C25H23ClFN5O2/c26-21-3-1-19(2-4-21)17-29-32(25(34)20-9-11-28-12-10-20)18-24(33)31-15-13-30(14-16-31)23-7-5-22(27)6-8-23/h1-12,17H,13-16,18H2/b29-17+. The molecule has 0 radical (unpaired) electrons. The van der Waals surface area contributed by atoms with Crippen molar-refractivity contribution in [2.75, 3.05) is 37.6 Å². The van der Waals surface area contributed by atoms with Gasteiger partial charge in [-0.25, -0.2) is 9.40 Å². The molecule has 0 unspecified atom stereocenters. The minimum Gasteiger partial charge on any atom is -0.368 e. The van der Waals surface area contributed by atoms with Crippen molar-refractivity contribution in [2.45, 2.75) is 0 Å². The summed E-state index contributed by atoms with van der Waals surface area (Å²) < 4.78 is 13.2. The van der Waals surface area contributed by atoms with Gasteiger partial charge in [-0.05, 0) is 54.1 Å². The normalized spacial score (nSPS) is 13.8. The van der Waals surface area contributed by atoms with E-state index in [1.807, 2.05) is 0 Å². The van der Waals surface area contributed by atoms with Gasteiger partial charge in [0.2, 0.25) is 5.91 Å². The first-order chi connectivity index (χ1) is 16.5. The Morgan fingerprint density at radius 1 is 0.971 bits per heavy atom. The average molecular weight is 480 g/mol. The quantitative estimate of drug-likeness (QED) is 0.399. The van der Waals surface area contributed by atoms with Gasteiger partial charge in [0.15, 0.2) is 0 Å². The van der Waals surface area contributed by atoms with Crippen LogP contribution in [-0.4, -0.2) is 65.6 Å². The molecule has 0 aliphatic carbocycles. The van der Waals surface area contributed by atoms with Crippen LogP contribution in [0.3, 0.4) is 0 Å². The highest BCUT2D eigenvalue weighted by molar-refractivity contribution is 6.30. The van der Waals surface area contributed by atoms with Crippen LogP contribution in [0.1, 0.15) is 15.9 Å². The summed E-state index contributed by atoms with van der Waals surface area (Å²) in [5, 5.41) is 6.07. The molecule has 0 N–H and O–H groups in total. The van der Waals surface area contributed by atoms with Gasteiger partial charge in [0.1, 0.15) is 12.4 Å². The topological polar surface area (TPSA) is 69.1 Å². The van der Waals surface area contributed by atoms with Crippen LogP contribution in [0, 0.1) is 5.82 Å². The van der Waals surface area contributed by atoms with Gasteiger partial charge in [0.05, 0.1) is 6.21 Å². The van der Waals surface area contributed by atoms with Gasteiger partial charge in [-0.1, -0.05) is 23.7 Å². The molecule has 2 heterocycles. The lowest BCUT2D eigenvalue weighted by Gasteiger charge is -2.36. The Morgan fingerprint density at radius 2 is 1.62 bits per heavy atom. The second kappa shape index (κ2) is 10.9. The fraction of sp³-hybridized carbons (Fsp3) is 0.200. The SMILES string of the molecule is O=C(CN(/N=C/c1ccc(Cl)cc1)C(=O)c1ccncc1)N1CCN(c2ccc(F)cc2)CC1. The largest absolute Gasteiger partial charge is 0.368 e. The molecule has 1 aromatic heterocycles. The maximum Gasteiger partial charge on any atom is 0.274 e. The molecule has 1 fully saturated rings. The molecule has 174 valence electrons. The number of piperazine rings is 1. The van der Waals surface area contributed by atoms with Crippen molar-refractivity contribution < 1.29 is 14.0 Å². The minimum absolute atomic E-state index is 0.193. The van der Waals surface area contributed by atoms with Crippen LogP contribution in [0.5, 0.6) is 0 Å². The third kappa shape index (κ3) is 5.96. The van der Waals surface area contributed by atoms with Crippen molar-refractivity contribution in [1.29, 1.82) is 0 Å². The minimum atomic E-state index is -0.397. The molecule has 1 aliphatic heterocycles. The number of halogens is 2. The molecule has 0 spiro atoms. The number of rotatable bonds is 6. The molecule has 2 aromatic carbocycles. The number of benzene rings is 2. The highest BCUT2D eigenvalue weighted by atomic mass is 35.5. The lowest BCUT2D eigenvalue weighted by atomic mass is 10.2. The summed E-state index contributed by atoms with van der Waals surface area (Å²) >= 11 is 5.93. The molecule has 1 aliphatic rings. The first-order valence-electron chi connectivity index (χ1n) is 10.8. The van der Waals surface area contributed by atoms with Crippen molar-refractivity contribution >= 4 is 35.3 Å². The second-order valence-electron chi connectivity index (χ2n) is 7.74. The number of hydrogen-bond donors (Lipinski definition) is 0. The smallest absolute Gasteiger partial charge is 0.274 e. The molecule has 34 heavy (non-hydrogen) atoms. The molecular weight excluding hydrogens is 457 g/mol. The molecule has 3 aromatic rings. The Labute approximate surface area is 202 Å². The van der Waals surface area contributed by atoms with Crippen molar-refractivity contribution in [3.05, 3.63) is 95.0 Å². The number of hydrogen-bond acceptors (Lipinski definition) is 5. The van der Waals surface area contributed by atoms with E-state index in [4.69, 9.17) is 11.6 Å². The van der Waals surface area contributed by atoms with Crippen LogP contribution in [0.15, 0.2) is 78.2 Å². The van der Waals surface area contributed by atoms with Crippen molar-refractivity contribution in [3.63, 3.8) is 0 Å². The van der Waals surface area contributed by atoms with E-state index in [9.17, 15) is 14.0 Å². The Morgan fingerprint density at radius 3 is 2.26 bits per heavy atom. The van der Waals surface area contributed by atoms with Gasteiger partial charge >= 0.3 is 0 Å². The van der Waals surface area contributed by atoms with Gasteiger partial charge in [0, 0.05) is 54.8 Å². The lowest BCUT2D eigenvalue weighted by Crippen LogP contribution is -2.51. The molecule has 9 heteroatoms. The Kier molecular flexibility index (Phi) is 7.49. The van der Waals surface area contributed by atoms with Gasteiger partial charge in [-0.3, -0.25) is 14.6 Å². The molecule has 4 rings (SSSR count). The number of carbonyl (C=O) groups is 2. The number of hydrazone groups is 1. The van der Waals surface area contributed by atoms with Gasteiger partial charge in [0.25, 0.3) is 5.91 Å². The summed E-state index contributed by atoms with van der Waals surface area (Å²) in [4.78, 5) is 33.9. The van der Waals surface area contributed by atoms with E-state index >= 15 is 0 Å². The highest BCUT2D eigenvalue weighted by Gasteiger charge is 2.25. The van der Waals surface area contributed by atoms with Crippen molar-refractivity contribution in [2.24, 2.45) is 5.10 Å². The summed E-state index contributed by atoms with van der Waals surface area (Å²) in [7, 11) is 0. The Bertz CT molecular complexity index is 1150. The molecule has 0 saturated carbocycles. The predicted molar refractivity (Wildman–Crippen MR) is 130 cm³/mol. The fourth-order valence-electron chi connectivity index (χ4n) is 3.59. The summed E-state index contributed by atoms with van der Waals surface area (Å²) in [6.07, 6.45) is 4.56. The number of nitrogens with zero attached hydrogens (tertiary/aromatic N) is 5. The van der Waals surface area contributed by atoms with E-state index in [0.717, 1.165) is 11.3 Å². The molecule has 2 amide bonds. The second-order valence-corrected chi connectivity index (χ2v) is 8.18.